The summed E-state index contributed by atoms with van der Waals surface area (Å²) in [6.45, 7) is 6.48. The van der Waals surface area contributed by atoms with Crippen LogP contribution in [0.2, 0.25) is 0 Å². The molecule has 1 aromatic rings. The molecular weight excluding hydrogens is 426 g/mol. The summed E-state index contributed by atoms with van der Waals surface area (Å²) in [5.74, 6) is 1.40. The molecule has 0 saturated carbocycles. The van der Waals surface area contributed by atoms with E-state index in [1.54, 1.807) is 6.26 Å². The summed E-state index contributed by atoms with van der Waals surface area (Å²) in [5, 5.41) is 3.01. The van der Waals surface area contributed by atoms with Crippen molar-refractivity contribution in [3.05, 3.63) is 24.2 Å². The van der Waals surface area contributed by atoms with Gasteiger partial charge in [-0.05, 0) is 57.3 Å². The van der Waals surface area contributed by atoms with Crippen LogP contribution in [0.4, 0.5) is 0 Å². The maximum atomic E-state index is 12.6. The topological polar surface area (TPSA) is 65.8 Å². The molecule has 0 radical (unpaired) electrons. The molecule has 3 rings (SSSR count). The summed E-state index contributed by atoms with van der Waals surface area (Å²) in [7, 11) is 0. The number of carbonyl (C=O) groups excluding carboxylic acids is 2. The van der Waals surface area contributed by atoms with Crippen molar-refractivity contribution < 1.29 is 14.0 Å². The van der Waals surface area contributed by atoms with Crippen molar-refractivity contribution in [2.45, 2.75) is 109 Å². The molecule has 192 valence electrons. The molecule has 0 spiro atoms. The highest BCUT2D eigenvalue weighted by Crippen LogP contribution is 2.25. The van der Waals surface area contributed by atoms with Crippen LogP contribution in [0.5, 0.6) is 0 Å². The van der Waals surface area contributed by atoms with E-state index in [2.05, 4.69) is 22.0 Å². The Morgan fingerprint density at radius 2 is 1.56 bits per heavy atom. The molecule has 1 N–H and O–H groups in total. The molecule has 2 amide bonds. The third kappa shape index (κ3) is 9.09. The van der Waals surface area contributed by atoms with Gasteiger partial charge in [0.2, 0.25) is 11.8 Å². The smallest absolute Gasteiger partial charge is 0.223 e. The number of rotatable bonds is 14. The Labute approximate surface area is 206 Å². The summed E-state index contributed by atoms with van der Waals surface area (Å²) in [5.41, 5.74) is 0. The fourth-order valence-corrected chi connectivity index (χ4v) is 5.48. The normalized spacial score (nSPS) is 18.3. The molecule has 6 heteroatoms. The molecule has 2 aliphatic heterocycles. The quantitative estimate of drug-likeness (QED) is 0.361. The number of hydrogen-bond donors (Lipinski definition) is 1. The third-order valence-electron chi connectivity index (χ3n) is 7.75. The monoisotopic (exact) mass is 473 g/mol. The first kappa shape index (κ1) is 26.8. The highest BCUT2D eigenvalue weighted by Gasteiger charge is 2.31. The second-order valence-electron chi connectivity index (χ2n) is 10.3. The van der Waals surface area contributed by atoms with E-state index >= 15 is 0 Å². The predicted octanol–water partition coefficient (Wildman–Crippen LogP) is 5.52. The summed E-state index contributed by atoms with van der Waals surface area (Å²) in [6.07, 6.45) is 18.0. The molecule has 6 nitrogen and oxygen atoms in total. The van der Waals surface area contributed by atoms with Crippen molar-refractivity contribution in [3.8, 4) is 0 Å². The molecule has 2 fully saturated rings. The third-order valence-corrected chi connectivity index (χ3v) is 7.75. The van der Waals surface area contributed by atoms with Crippen LogP contribution in [0, 0.1) is 5.92 Å². The van der Waals surface area contributed by atoms with E-state index < -0.39 is 0 Å². The van der Waals surface area contributed by atoms with E-state index in [9.17, 15) is 9.59 Å². The van der Waals surface area contributed by atoms with Crippen molar-refractivity contribution in [2.24, 2.45) is 5.92 Å². The fourth-order valence-electron chi connectivity index (χ4n) is 5.48. The molecule has 2 saturated heterocycles. The second kappa shape index (κ2) is 15.2. The number of carbonyl (C=O) groups is 2. The molecule has 3 heterocycles. The van der Waals surface area contributed by atoms with E-state index in [-0.39, 0.29) is 11.8 Å². The lowest BCUT2D eigenvalue weighted by atomic mass is 9.92. The number of amides is 2. The van der Waals surface area contributed by atoms with Gasteiger partial charge in [-0.2, -0.15) is 0 Å². The van der Waals surface area contributed by atoms with Crippen molar-refractivity contribution in [1.82, 2.24) is 15.1 Å². The van der Waals surface area contributed by atoms with Crippen LogP contribution in [0.25, 0.3) is 0 Å². The average Bonchev–Trinajstić information content (AvgIpc) is 3.40. The van der Waals surface area contributed by atoms with Gasteiger partial charge >= 0.3 is 0 Å². The molecule has 0 unspecified atom stereocenters. The first-order chi connectivity index (χ1) is 16.7. The summed E-state index contributed by atoms with van der Waals surface area (Å²) in [6, 6.07) is 4.29. The Kier molecular flexibility index (Phi) is 12.0. The van der Waals surface area contributed by atoms with E-state index in [1.807, 2.05) is 12.1 Å². The van der Waals surface area contributed by atoms with Crippen molar-refractivity contribution in [3.63, 3.8) is 0 Å². The van der Waals surface area contributed by atoms with Crippen LogP contribution in [0.3, 0.4) is 0 Å². The number of piperidine rings is 2. The van der Waals surface area contributed by atoms with Crippen LogP contribution in [0.1, 0.15) is 103 Å². The van der Waals surface area contributed by atoms with Gasteiger partial charge in [0, 0.05) is 31.5 Å². The van der Waals surface area contributed by atoms with Crippen LogP contribution < -0.4 is 5.32 Å². The first-order valence-electron chi connectivity index (χ1n) is 14.0. The molecular formula is C28H47N3O3. The lowest BCUT2D eigenvalue weighted by molar-refractivity contribution is -0.133. The van der Waals surface area contributed by atoms with Gasteiger partial charge in [-0.1, -0.05) is 58.3 Å². The lowest BCUT2D eigenvalue weighted by Crippen LogP contribution is -2.50. The van der Waals surface area contributed by atoms with Gasteiger partial charge in [0.15, 0.2) is 0 Å². The number of hydrogen-bond acceptors (Lipinski definition) is 4. The Balaban J connectivity index is 1.22. The van der Waals surface area contributed by atoms with E-state index in [0.29, 0.717) is 18.5 Å². The van der Waals surface area contributed by atoms with Gasteiger partial charge < -0.3 is 19.5 Å². The molecule has 0 aliphatic carbocycles. The number of furan rings is 1. The second-order valence-corrected chi connectivity index (χ2v) is 10.3. The summed E-state index contributed by atoms with van der Waals surface area (Å²) >= 11 is 0. The van der Waals surface area contributed by atoms with E-state index in [0.717, 1.165) is 70.5 Å². The maximum absolute atomic E-state index is 12.6. The minimum Gasteiger partial charge on any atom is -0.467 e. The lowest BCUT2D eigenvalue weighted by Gasteiger charge is -2.41. The van der Waals surface area contributed by atoms with Crippen LogP contribution >= 0.6 is 0 Å². The Bertz CT molecular complexity index is 690. The van der Waals surface area contributed by atoms with Gasteiger partial charge in [-0.25, -0.2) is 0 Å². The Hall–Kier alpha value is -1.82. The van der Waals surface area contributed by atoms with E-state index in [4.69, 9.17) is 4.42 Å². The standard InChI is InChI=1S/C28H47N3O3/c1-2-3-4-5-6-7-8-9-10-13-27(32)31-20-16-25(17-21-31)30-18-14-24(15-19-30)28(33)29-23-26-12-11-22-34-26/h11-12,22,24-25H,2-10,13-21,23H2,1H3,(H,29,33). The molecule has 34 heavy (non-hydrogen) atoms. The zero-order valence-electron chi connectivity index (χ0n) is 21.4. The Morgan fingerprint density at radius 3 is 2.18 bits per heavy atom. The fraction of sp³-hybridized carbons (Fsp3) is 0.786. The largest absolute Gasteiger partial charge is 0.467 e. The van der Waals surface area contributed by atoms with E-state index in [1.165, 1.54) is 51.4 Å². The zero-order chi connectivity index (χ0) is 24.0. The van der Waals surface area contributed by atoms with Gasteiger partial charge in [-0.3, -0.25) is 9.59 Å². The highest BCUT2D eigenvalue weighted by molar-refractivity contribution is 5.78. The minimum atomic E-state index is 0.101. The number of nitrogens with zero attached hydrogens (tertiary/aromatic N) is 2. The zero-order valence-corrected chi connectivity index (χ0v) is 21.4. The predicted molar refractivity (Wildman–Crippen MR) is 136 cm³/mol. The van der Waals surface area contributed by atoms with Crippen LogP contribution in [0.15, 0.2) is 22.8 Å². The Morgan fingerprint density at radius 1 is 0.912 bits per heavy atom. The molecule has 0 bridgehead atoms. The minimum absolute atomic E-state index is 0.101. The SMILES string of the molecule is CCCCCCCCCCCC(=O)N1CCC(N2CCC(C(=O)NCc3ccco3)CC2)CC1. The number of unbranched alkanes of at least 4 members (excludes halogenated alkanes) is 8. The maximum Gasteiger partial charge on any atom is 0.223 e. The highest BCUT2D eigenvalue weighted by atomic mass is 16.3. The van der Waals surface area contributed by atoms with Gasteiger partial charge in [0.25, 0.3) is 0 Å². The van der Waals surface area contributed by atoms with Gasteiger partial charge in [0.1, 0.15) is 5.76 Å². The number of likely N-dealkylation sites (tertiary alicyclic amines) is 2. The number of nitrogens with one attached hydrogen (secondary N) is 1. The first-order valence-corrected chi connectivity index (χ1v) is 14.0. The van der Waals surface area contributed by atoms with Crippen molar-refractivity contribution in [2.75, 3.05) is 26.2 Å². The molecule has 0 atom stereocenters. The van der Waals surface area contributed by atoms with Crippen molar-refractivity contribution >= 4 is 11.8 Å². The summed E-state index contributed by atoms with van der Waals surface area (Å²) in [4.78, 5) is 29.7. The molecule has 2 aliphatic rings. The molecule has 1 aromatic heterocycles. The van der Waals surface area contributed by atoms with Crippen LogP contribution in [-0.2, 0) is 16.1 Å². The average molecular weight is 474 g/mol. The van der Waals surface area contributed by atoms with Crippen molar-refractivity contribution in [1.29, 1.82) is 0 Å². The molecule has 0 aromatic carbocycles. The van der Waals surface area contributed by atoms with Gasteiger partial charge in [0.05, 0.1) is 12.8 Å². The summed E-state index contributed by atoms with van der Waals surface area (Å²) < 4.78 is 5.29. The van der Waals surface area contributed by atoms with Gasteiger partial charge in [-0.15, -0.1) is 0 Å². The van der Waals surface area contributed by atoms with Crippen LogP contribution in [-0.4, -0.2) is 53.8 Å².